The van der Waals surface area contributed by atoms with E-state index in [9.17, 15) is 23.1 Å². The van der Waals surface area contributed by atoms with Crippen molar-refractivity contribution in [2.45, 2.75) is 51.2 Å². The Hall–Kier alpha value is -4.35. The molecule has 0 saturated carbocycles. The molecule has 10 nitrogen and oxygen atoms in total. The van der Waals surface area contributed by atoms with Crippen LogP contribution in [0.3, 0.4) is 0 Å². The molecule has 0 bridgehead atoms. The summed E-state index contributed by atoms with van der Waals surface area (Å²) in [5, 5.41) is 9.91. The Bertz CT molecular complexity index is 1770. The van der Waals surface area contributed by atoms with Crippen molar-refractivity contribution in [3.05, 3.63) is 95.2 Å². The van der Waals surface area contributed by atoms with Crippen LogP contribution in [0.4, 0.5) is 10.5 Å². The van der Waals surface area contributed by atoms with Gasteiger partial charge in [-0.3, -0.25) is 0 Å². The third-order valence-electron chi connectivity index (χ3n) is 7.82. The monoisotopic (exact) mass is 633 g/mol. The van der Waals surface area contributed by atoms with Crippen molar-refractivity contribution < 1.29 is 32.3 Å². The van der Waals surface area contributed by atoms with Gasteiger partial charge in [-0.1, -0.05) is 42.5 Å². The molecule has 1 aromatic heterocycles. The van der Waals surface area contributed by atoms with Crippen LogP contribution in [0, 0.1) is 6.92 Å². The predicted molar refractivity (Wildman–Crippen MR) is 172 cm³/mol. The van der Waals surface area contributed by atoms with Crippen molar-refractivity contribution in [3.63, 3.8) is 0 Å². The Labute approximate surface area is 263 Å². The van der Waals surface area contributed by atoms with E-state index < -0.39 is 21.6 Å². The van der Waals surface area contributed by atoms with E-state index >= 15 is 0 Å². The Morgan fingerprint density at radius 1 is 0.933 bits per heavy atom. The third-order valence-corrected chi connectivity index (χ3v) is 9.67. The van der Waals surface area contributed by atoms with E-state index in [-0.39, 0.29) is 29.8 Å². The van der Waals surface area contributed by atoms with E-state index in [1.807, 2.05) is 75.4 Å². The number of rotatable bonds is 9. The average Bonchev–Trinajstić information content (AvgIpc) is 3.35. The number of fused-ring (bicyclic) bond motifs is 1. The van der Waals surface area contributed by atoms with Gasteiger partial charge in [-0.2, -0.15) is 4.31 Å². The first-order chi connectivity index (χ1) is 21.3. The van der Waals surface area contributed by atoms with Crippen molar-refractivity contribution >= 4 is 38.7 Å². The van der Waals surface area contributed by atoms with Crippen molar-refractivity contribution in [1.82, 2.24) is 9.21 Å². The number of piperazine rings is 1. The zero-order valence-electron chi connectivity index (χ0n) is 26.0. The quantitative estimate of drug-likeness (QED) is 0.241. The number of amides is 1. The van der Waals surface area contributed by atoms with Crippen LogP contribution in [-0.4, -0.2) is 73.1 Å². The van der Waals surface area contributed by atoms with E-state index in [4.69, 9.17) is 9.15 Å². The predicted octanol–water partition coefficient (Wildman–Crippen LogP) is 5.93. The number of carboxylic acid groups (broad SMARTS) is 1. The number of nitrogens with zero attached hydrogens (tertiary/aromatic N) is 3. The molecular formula is C34H39N3O7S. The van der Waals surface area contributed by atoms with Crippen LogP contribution in [0.15, 0.2) is 82.1 Å². The fourth-order valence-corrected chi connectivity index (χ4v) is 6.84. The number of aryl methyl sites for hydroxylation is 1. The van der Waals surface area contributed by atoms with Gasteiger partial charge in [0.15, 0.2) is 0 Å². The maximum atomic E-state index is 14.1. The van der Waals surface area contributed by atoms with E-state index in [0.29, 0.717) is 49.1 Å². The Morgan fingerprint density at radius 3 is 2.22 bits per heavy atom. The molecule has 4 aromatic rings. The number of carbonyl (C=O) groups excluding carboxylic acids is 1. The number of aromatic carboxylic acids is 1. The highest BCUT2D eigenvalue weighted by Gasteiger charge is 2.28. The SMILES string of the molecule is Cc1c(C(=O)O)oc2ccc(S(=O)(=O)N(CCc3ccccc3)Cc3ccc(N4CCN(C(=O)OC(C)(C)C)CC4)cc3)cc12. The molecule has 1 saturated heterocycles. The molecule has 45 heavy (non-hydrogen) atoms. The summed E-state index contributed by atoms with van der Waals surface area (Å²) in [6, 6.07) is 22.0. The zero-order chi connectivity index (χ0) is 32.4. The number of ether oxygens (including phenoxy) is 1. The van der Waals surface area contributed by atoms with Crippen LogP contribution < -0.4 is 4.90 Å². The third kappa shape index (κ3) is 7.49. The number of furan rings is 1. The fourth-order valence-electron chi connectivity index (χ4n) is 5.39. The van der Waals surface area contributed by atoms with Crippen molar-refractivity contribution in [2.75, 3.05) is 37.6 Å². The number of hydrogen-bond donors (Lipinski definition) is 1. The maximum absolute atomic E-state index is 14.1. The number of carboxylic acids is 1. The molecule has 1 fully saturated rings. The molecule has 0 aliphatic carbocycles. The normalized spacial score (nSPS) is 14.2. The van der Waals surface area contributed by atoms with Crippen LogP contribution in [0.25, 0.3) is 11.0 Å². The van der Waals surface area contributed by atoms with E-state index in [0.717, 1.165) is 16.8 Å². The highest BCUT2D eigenvalue weighted by Crippen LogP contribution is 2.30. The smallest absolute Gasteiger partial charge is 0.410 e. The van der Waals surface area contributed by atoms with E-state index in [2.05, 4.69) is 4.90 Å². The van der Waals surface area contributed by atoms with Crippen LogP contribution in [0.5, 0.6) is 0 Å². The van der Waals surface area contributed by atoms with Gasteiger partial charge in [-0.05, 0) is 75.6 Å². The molecule has 5 rings (SSSR count). The summed E-state index contributed by atoms with van der Waals surface area (Å²) in [5.74, 6) is -1.40. The van der Waals surface area contributed by atoms with Crippen molar-refractivity contribution in [2.24, 2.45) is 0 Å². The molecule has 238 valence electrons. The van der Waals surface area contributed by atoms with Crippen LogP contribution >= 0.6 is 0 Å². The zero-order valence-corrected chi connectivity index (χ0v) is 26.8. The number of benzene rings is 3. The molecule has 0 atom stereocenters. The lowest BCUT2D eigenvalue weighted by atomic mass is 10.1. The lowest BCUT2D eigenvalue weighted by Gasteiger charge is -2.36. The Balaban J connectivity index is 1.34. The minimum absolute atomic E-state index is 0.0726. The van der Waals surface area contributed by atoms with E-state index in [1.165, 1.54) is 22.5 Å². The number of carbonyl (C=O) groups is 2. The average molecular weight is 634 g/mol. The first-order valence-corrected chi connectivity index (χ1v) is 16.4. The van der Waals surface area contributed by atoms with Gasteiger partial charge in [-0.15, -0.1) is 0 Å². The van der Waals surface area contributed by atoms with Crippen LogP contribution in [0.2, 0.25) is 0 Å². The van der Waals surface area contributed by atoms with Gasteiger partial charge in [0.2, 0.25) is 15.8 Å². The topological polar surface area (TPSA) is 121 Å². The number of sulfonamides is 1. The minimum Gasteiger partial charge on any atom is -0.475 e. The van der Waals surface area contributed by atoms with Crippen molar-refractivity contribution in [3.8, 4) is 0 Å². The van der Waals surface area contributed by atoms with Gasteiger partial charge in [-0.25, -0.2) is 18.0 Å². The standard InChI is InChI=1S/C34H39N3O7S/c1-24-29-22-28(14-15-30(29)43-31(24)32(38)39)45(41,42)37(17-16-25-8-6-5-7-9-25)23-26-10-12-27(13-11-26)35-18-20-36(21-19-35)33(40)44-34(2,3)4/h5-15,22H,16-21,23H2,1-4H3,(H,38,39). The van der Waals surface area contributed by atoms with Gasteiger partial charge in [0.05, 0.1) is 4.90 Å². The second-order valence-corrected chi connectivity index (χ2v) is 14.2. The maximum Gasteiger partial charge on any atom is 0.410 e. The first-order valence-electron chi connectivity index (χ1n) is 14.9. The molecule has 11 heteroatoms. The van der Waals surface area contributed by atoms with Crippen LogP contribution in [-0.2, 0) is 27.7 Å². The molecule has 0 radical (unpaired) electrons. The summed E-state index contributed by atoms with van der Waals surface area (Å²) in [7, 11) is -3.96. The van der Waals surface area contributed by atoms with Gasteiger partial charge in [0.25, 0.3) is 0 Å². The Morgan fingerprint density at radius 2 is 1.60 bits per heavy atom. The second kappa shape index (κ2) is 12.9. The molecule has 0 spiro atoms. The van der Waals surface area contributed by atoms with Gasteiger partial charge < -0.3 is 24.1 Å². The largest absolute Gasteiger partial charge is 0.475 e. The summed E-state index contributed by atoms with van der Waals surface area (Å²) in [6.07, 6.45) is 0.217. The fraction of sp³-hybridized carbons (Fsp3) is 0.353. The molecule has 1 amide bonds. The first kappa shape index (κ1) is 32.1. The highest BCUT2D eigenvalue weighted by atomic mass is 32.2. The highest BCUT2D eigenvalue weighted by molar-refractivity contribution is 7.89. The summed E-state index contributed by atoms with van der Waals surface area (Å²) in [5.41, 5.74) is 3.01. The van der Waals surface area contributed by atoms with Gasteiger partial charge >= 0.3 is 12.1 Å². The molecule has 3 aromatic carbocycles. The molecule has 1 aliphatic rings. The van der Waals surface area contributed by atoms with Crippen LogP contribution in [0.1, 0.15) is 48.0 Å². The molecule has 1 aliphatic heterocycles. The summed E-state index contributed by atoms with van der Waals surface area (Å²) in [6.45, 7) is 10.0. The summed E-state index contributed by atoms with van der Waals surface area (Å²) >= 11 is 0. The number of hydrogen-bond acceptors (Lipinski definition) is 7. The molecular weight excluding hydrogens is 594 g/mol. The van der Waals surface area contributed by atoms with Crippen molar-refractivity contribution in [1.29, 1.82) is 0 Å². The lowest BCUT2D eigenvalue weighted by molar-refractivity contribution is 0.0240. The molecule has 0 unspecified atom stereocenters. The van der Waals surface area contributed by atoms with Gasteiger partial charge in [0.1, 0.15) is 11.2 Å². The summed E-state index contributed by atoms with van der Waals surface area (Å²) < 4.78 is 40.6. The molecule has 1 N–H and O–H groups in total. The minimum atomic E-state index is -3.96. The van der Waals surface area contributed by atoms with E-state index in [1.54, 1.807) is 11.8 Å². The summed E-state index contributed by atoms with van der Waals surface area (Å²) in [4.78, 5) is 28.0. The van der Waals surface area contributed by atoms with Gasteiger partial charge in [0, 0.05) is 55.9 Å². The Kier molecular flexibility index (Phi) is 9.22. The number of anilines is 1. The lowest BCUT2D eigenvalue weighted by Crippen LogP contribution is -2.50. The molecule has 2 heterocycles. The second-order valence-electron chi connectivity index (χ2n) is 12.2.